The number of hydrogen-bond donors (Lipinski definition) is 1. The average Bonchev–Trinajstić information content (AvgIpc) is 2.67. The number of pyridine rings is 1. The zero-order valence-electron chi connectivity index (χ0n) is 14.5. The predicted molar refractivity (Wildman–Crippen MR) is 103 cm³/mol. The first-order chi connectivity index (χ1) is 13.0. The lowest BCUT2D eigenvalue weighted by Gasteiger charge is -2.09. The third kappa shape index (κ3) is 5.28. The number of aromatic nitrogens is 1. The summed E-state index contributed by atoms with van der Waals surface area (Å²) in [5, 5.41) is 3.39. The minimum absolute atomic E-state index is 0.175. The molecule has 27 heavy (non-hydrogen) atoms. The second-order valence-corrected chi connectivity index (χ2v) is 6.57. The Kier molecular flexibility index (Phi) is 6.04. The number of benzene rings is 2. The molecular weight excluding hydrogens is 367 g/mol. The number of hydrogen-bond acceptors (Lipinski definition) is 2. The molecule has 0 saturated heterocycles. The van der Waals surface area contributed by atoms with Crippen molar-refractivity contribution < 1.29 is 9.18 Å². The molecule has 0 aliphatic carbocycles. The van der Waals surface area contributed by atoms with Crippen LogP contribution in [0, 0.1) is 5.82 Å². The summed E-state index contributed by atoms with van der Waals surface area (Å²) >= 11 is 5.87. The first-order valence-electron chi connectivity index (χ1n) is 8.49. The summed E-state index contributed by atoms with van der Waals surface area (Å²) in [6.45, 7) is 0.659. The molecule has 0 atom stereocenters. The molecule has 6 heteroatoms. The van der Waals surface area contributed by atoms with E-state index in [0.29, 0.717) is 29.1 Å². The lowest BCUT2D eigenvalue weighted by Crippen LogP contribution is -2.26. The van der Waals surface area contributed by atoms with Crippen molar-refractivity contribution in [3.8, 4) is 0 Å². The Morgan fingerprint density at radius 2 is 1.81 bits per heavy atom. The lowest BCUT2D eigenvalue weighted by atomic mass is 10.1. The van der Waals surface area contributed by atoms with Crippen molar-refractivity contribution >= 4 is 17.5 Å². The molecule has 1 aromatic heterocycles. The van der Waals surface area contributed by atoms with Crippen LogP contribution in [0.3, 0.4) is 0 Å². The molecule has 0 radical (unpaired) electrons. The second kappa shape index (κ2) is 8.64. The minimum Gasteiger partial charge on any atom is -0.348 e. The van der Waals surface area contributed by atoms with Crippen LogP contribution in [0.4, 0.5) is 4.39 Å². The molecule has 2 aromatic carbocycles. The van der Waals surface area contributed by atoms with Crippen molar-refractivity contribution in [3.05, 3.63) is 105 Å². The highest BCUT2D eigenvalue weighted by Crippen LogP contribution is 2.10. The van der Waals surface area contributed by atoms with E-state index < -0.39 is 0 Å². The molecule has 0 aliphatic rings. The van der Waals surface area contributed by atoms with Crippen LogP contribution in [-0.2, 0) is 19.5 Å². The van der Waals surface area contributed by atoms with Crippen LogP contribution in [0.25, 0.3) is 0 Å². The van der Waals surface area contributed by atoms with Crippen molar-refractivity contribution in [2.24, 2.45) is 0 Å². The normalized spacial score (nSPS) is 10.6. The van der Waals surface area contributed by atoms with Crippen LogP contribution in [0.5, 0.6) is 0 Å². The standard InChI is InChI=1S/C21H18ClFN2O2/c22-18-7-4-15(5-8-18)10-11-25-14-17(6-9-20(25)26)21(27)24-13-16-2-1-3-19(23)12-16/h1-9,12,14H,10-11,13H2,(H,24,27). The first kappa shape index (κ1) is 18.9. The van der Waals surface area contributed by atoms with E-state index in [9.17, 15) is 14.0 Å². The number of carbonyl (C=O) groups excluding carboxylic acids is 1. The molecule has 0 bridgehead atoms. The number of halogens is 2. The van der Waals surface area contributed by atoms with Crippen LogP contribution in [0.1, 0.15) is 21.5 Å². The number of nitrogens with zero attached hydrogens (tertiary/aromatic N) is 1. The fourth-order valence-corrected chi connectivity index (χ4v) is 2.80. The number of amides is 1. The molecule has 4 nitrogen and oxygen atoms in total. The van der Waals surface area contributed by atoms with Crippen LogP contribution < -0.4 is 10.9 Å². The van der Waals surface area contributed by atoms with Gasteiger partial charge in [-0.15, -0.1) is 0 Å². The Hall–Kier alpha value is -2.92. The lowest BCUT2D eigenvalue weighted by molar-refractivity contribution is 0.0950. The van der Waals surface area contributed by atoms with Gasteiger partial charge in [-0.05, 0) is 47.9 Å². The molecule has 3 aromatic rings. The van der Waals surface area contributed by atoms with E-state index in [1.54, 1.807) is 30.5 Å². The summed E-state index contributed by atoms with van der Waals surface area (Å²) in [7, 11) is 0. The van der Waals surface area contributed by atoms with E-state index in [-0.39, 0.29) is 23.8 Å². The summed E-state index contributed by atoms with van der Waals surface area (Å²) < 4.78 is 14.7. The summed E-state index contributed by atoms with van der Waals surface area (Å²) in [6.07, 6.45) is 2.19. The van der Waals surface area contributed by atoms with Gasteiger partial charge >= 0.3 is 0 Å². The predicted octanol–water partition coefficient (Wildman–Crippen LogP) is 3.81. The van der Waals surface area contributed by atoms with E-state index in [1.165, 1.54) is 28.8 Å². The van der Waals surface area contributed by atoms with Gasteiger partial charge in [0.05, 0.1) is 5.56 Å². The van der Waals surface area contributed by atoms with Gasteiger partial charge in [-0.3, -0.25) is 9.59 Å². The van der Waals surface area contributed by atoms with Crippen molar-refractivity contribution in [3.63, 3.8) is 0 Å². The van der Waals surface area contributed by atoms with Crippen LogP contribution >= 0.6 is 11.6 Å². The SMILES string of the molecule is O=C(NCc1cccc(F)c1)c1ccc(=O)n(CCc2ccc(Cl)cc2)c1. The highest BCUT2D eigenvalue weighted by Gasteiger charge is 2.08. The molecule has 1 amide bonds. The second-order valence-electron chi connectivity index (χ2n) is 6.14. The smallest absolute Gasteiger partial charge is 0.253 e. The highest BCUT2D eigenvalue weighted by atomic mass is 35.5. The zero-order valence-corrected chi connectivity index (χ0v) is 15.2. The number of carbonyl (C=O) groups is 1. The summed E-state index contributed by atoms with van der Waals surface area (Å²) in [5.74, 6) is -0.669. The molecule has 1 heterocycles. The van der Waals surface area contributed by atoms with Gasteiger partial charge in [-0.2, -0.15) is 0 Å². The largest absolute Gasteiger partial charge is 0.348 e. The molecule has 1 N–H and O–H groups in total. The molecule has 0 aliphatic heterocycles. The Balaban J connectivity index is 1.65. The number of rotatable bonds is 6. The van der Waals surface area contributed by atoms with E-state index in [2.05, 4.69) is 5.32 Å². The van der Waals surface area contributed by atoms with Gasteiger partial charge in [-0.25, -0.2) is 4.39 Å². The molecule has 0 unspecified atom stereocenters. The third-order valence-corrected chi connectivity index (χ3v) is 4.39. The van der Waals surface area contributed by atoms with Crippen LogP contribution in [0.15, 0.2) is 71.7 Å². The average molecular weight is 385 g/mol. The van der Waals surface area contributed by atoms with E-state index in [0.717, 1.165) is 5.56 Å². The van der Waals surface area contributed by atoms with Gasteiger partial charge in [0.25, 0.3) is 11.5 Å². The third-order valence-electron chi connectivity index (χ3n) is 4.14. The fraction of sp³-hybridized carbons (Fsp3) is 0.143. The molecule has 138 valence electrons. The van der Waals surface area contributed by atoms with Crippen molar-refractivity contribution in [1.82, 2.24) is 9.88 Å². The fourth-order valence-electron chi connectivity index (χ4n) is 2.67. The van der Waals surface area contributed by atoms with Gasteiger partial charge in [0.15, 0.2) is 0 Å². The molecule has 3 rings (SSSR count). The molecule has 0 fully saturated rings. The molecule has 0 spiro atoms. The summed E-state index contributed by atoms with van der Waals surface area (Å²) in [5.41, 5.74) is 1.92. The van der Waals surface area contributed by atoms with Gasteiger partial charge in [0.1, 0.15) is 5.82 Å². The zero-order chi connectivity index (χ0) is 19.2. The van der Waals surface area contributed by atoms with Crippen LogP contribution in [0.2, 0.25) is 5.02 Å². The maximum Gasteiger partial charge on any atom is 0.253 e. The summed E-state index contributed by atoms with van der Waals surface area (Å²) in [6, 6.07) is 16.3. The van der Waals surface area contributed by atoms with E-state index in [4.69, 9.17) is 11.6 Å². The van der Waals surface area contributed by atoms with Crippen LogP contribution in [-0.4, -0.2) is 10.5 Å². The molecular formula is C21H18ClFN2O2. The van der Waals surface area contributed by atoms with E-state index >= 15 is 0 Å². The Morgan fingerprint density at radius 3 is 2.56 bits per heavy atom. The van der Waals surface area contributed by atoms with Gasteiger partial charge in [-0.1, -0.05) is 35.9 Å². The van der Waals surface area contributed by atoms with Gasteiger partial charge < -0.3 is 9.88 Å². The minimum atomic E-state index is -0.350. The topological polar surface area (TPSA) is 51.1 Å². The molecule has 0 saturated carbocycles. The Morgan fingerprint density at radius 1 is 1.04 bits per heavy atom. The number of aryl methyl sites for hydroxylation is 2. The van der Waals surface area contributed by atoms with Gasteiger partial charge in [0.2, 0.25) is 0 Å². The van der Waals surface area contributed by atoms with Crippen molar-refractivity contribution in [2.75, 3.05) is 0 Å². The maximum absolute atomic E-state index is 13.2. The summed E-state index contributed by atoms with van der Waals surface area (Å²) in [4.78, 5) is 24.4. The highest BCUT2D eigenvalue weighted by molar-refractivity contribution is 6.30. The van der Waals surface area contributed by atoms with Crippen molar-refractivity contribution in [2.45, 2.75) is 19.5 Å². The quantitative estimate of drug-likeness (QED) is 0.702. The number of nitrogens with one attached hydrogen (secondary N) is 1. The van der Waals surface area contributed by atoms with Gasteiger partial charge in [0, 0.05) is 30.4 Å². The van der Waals surface area contributed by atoms with E-state index in [1.807, 2.05) is 12.1 Å². The maximum atomic E-state index is 13.2. The Bertz CT molecular complexity index is 1000. The first-order valence-corrected chi connectivity index (χ1v) is 8.86. The Labute approximate surface area is 161 Å². The monoisotopic (exact) mass is 384 g/mol. The van der Waals surface area contributed by atoms with Crippen molar-refractivity contribution in [1.29, 1.82) is 0 Å².